The van der Waals surface area contributed by atoms with Crippen LogP contribution in [-0.4, -0.2) is 83.3 Å². The number of rotatable bonds is 3. The Kier molecular flexibility index (Phi) is 4.30. The van der Waals surface area contributed by atoms with E-state index in [0.717, 1.165) is 55.3 Å². The maximum absolute atomic E-state index is 5.78. The molecule has 4 rings (SSSR count). The molecule has 0 spiro atoms. The molecule has 0 aromatic carbocycles. The number of ether oxygens (including phenoxy) is 1. The third-order valence-corrected chi connectivity index (χ3v) is 5.00. The molecule has 0 saturated carbocycles. The van der Waals surface area contributed by atoms with Crippen molar-refractivity contribution in [3.8, 4) is 0 Å². The number of piperazine rings is 1. The largest absolute Gasteiger partial charge is 0.378 e. The number of hydrogen-bond donors (Lipinski definition) is 1. The molecule has 0 bridgehead atoms. The van der Waals surface area contributed by atoms with Crippen LogP contribution in [0, 0.1) is 6.92 Å². The van der Waals surface area contributed by atoms with Crippen molar-refractivity contribution in [2.75, 3.05) is 51.8 Å². The van der Waals surface area contributed by atoms with Gasteiger partial charge in [-0.05, 0) is 26.1 Å². The van der Waals surface area contributed by atoms with E-state index in [4.69, 9.17) is 4.74 Å². The van der Waals surface area contributed by atoms with E-state index < -0.39 is 0 Å². The van der Waals surface area contributed by atoms with E-state index in [0.29, 0.717) is 12.6 Å². The third kappa shape index (κ3) is 3.07. The van der Waals surface area contributed by atoms with Crippen molar-refractivity contribution in [1.82, 2.24) is 24.8 Å². The summed E-state index contributed by atoms with van der Waals surface area (Å²) < 4.78 is 5.78. The van der Waals surface area contributed by atoms with E-state index in [9.17, 15) is 0 Å². The molecule has 2 aliphatic rings. The first-order valence-corrected chi connectivity index (χ1v) is 8.56. The predicted octanol–water partition coefficient (Wildman–Crippen LogP) is 0.760. The average molecular weight is 328 g/mol. The van der Waals surface area contributed by atoms with Gasteiger partial charge in [0.2, 0.25) is 0 Å². The van der Waals surface area contributed by atoms with Gasteiger partial charge in [-0.2, -0.15) is 0 Å². The lowest BCUT2D eigenvalue weighted by Crippen LogP contribution is -2.54. The van der Waals surface area contributed by atoms with Crippen LogP contribution in [0.25, 0.3) is 11.0 Å². The van der Waals surface area contributed by atoms with E-state index in [2.05, 4.69) is 37.1 Å². The Balaban J connectivity index is 1.55. The minimum absolute atomic E-state index is 0.230. The van der Waals surface area contributed by atoms with Crippen molar-refractivity contribution in [3.63, 3.8) is 0 Å². The molecule has 2 aromatic heterocycles. The van der Waals surface area contributed by atoms with Gasteiger partial charge in [0.1, 0.15) is 11.8 Å². The Bertz CT molecular complexity index is 715. The highest BCUT2D eigenvalue weighted by atomic mass is 16.5. The van der Waals surface area contributed by atoms with Crippen LogP contribution >= 0.6 is 0 Å². The van der Waals surface area contributed by atoms with Crippen LogP contribution in [0.15, 0.2) is 18.5 Å². The summed E-state index contributed by atoms with van der Waals surface area (Å²) in [7, 11) is 2.18. The molecule has 2 aliphatic heterocycles. The molecule has 0 unspecified atom stereocenters. The molecule has 24 heavy (non-hydrogen) atoms. The van der Waals surface area contributed by atoms with Crippen molar-refractivity contribution in [2.24, 2.45) is 0 Å². The second-order valence-electron chi connectivity index (χ2n) is 6.74. The van der Waals surface area contributed by atoms with Crippen LogP contribution in [0.5, 0.6) is 0 Å². The second-order valence-corrected chi connectivity index (χ2v) is 6.74. The first kappa shape index (κ1) is 15.7. The molecule has 1 N–H and O–H groups in total. The maximum Gasteiger partial charge on any atom is 0.156 e. The molecule has 2 atom stereocenters. The molecule has 7 heteroatoms. The fourth-order valence-corrected chi connectivity index (χ4v) is 3.51. The average Bonchev–Trinajstić information content (AvgIpc) is 3.04. The van der Waals surface area contributed by atoms with Crippen LogP contribution in [0.4, 0.5) is 5.82 Å². The zero-order valence-electron chi connectivity index (χ0n) is 14.3. The molecular weight excluding hydrogens is 304 g/mol. The normalized spacial score (nSPS) is 26.1. The Morgan fingerprint density at radius 3 is 2.79 bits per heavy atom. The Morgan fingerprint density at radius 1 is 1.12 bits per heavy atom. The summed E-state index contributed by atoms with van der Waals surface area (Å²) in [5.74, 6) is 0.804. The highest BCUT2D eigenvalue weighted by molar-refractivity contribution is 5.84. The molecular formula is C17H24N6O. The molecule has 2 saturated heterocycles. The summed E-state index contributed by atoms with van der Waals surface area (Å²) in [5, 5.41) is 3.58. The summed E-state index contributed by atoms with van der Waals surface area (Å²) in [6, 6.07) is 4.58. The number of pyridine rings is 1. The number of fused-ring (bicyclic) bond motifs is 1. The van der Waals surface area contributed by atoms with E-state index in [1.165, 1.54) is 0 Å². The quantitative estimate of drug-likeness (QED) is 0.892. The molecule has 0 radical (unpaired) electrons. The standard InChI is InChI=1S/C17H24N6O/c1-12-3-4-13-16(20-12)17(19-11-18-13)21-14-9-24-10-15(14)23-7-5-22(2)6-8-23/h3-4,11,14-15H,5-10H2,1-2H3,(H,18,19,21)/t14-,15-/m0/s1. The highest BCUT2D eigenvalue weighted by Crippen LogP contribution is 2.22. The van der Waals surface area contributed by atoms with E-state index in [-0.39, 0.29) is 6.04 Å². The van der Waals surface area contributed by atoms with Crippen molar-refractivity contribution < 1.29 is 4.74 Å². The van der Waals surface area contributed by atoms with Crippen molar-refractivity contribution in [2.45, 2.75) is 19.0 Å². The van der Waals surface area contributed by atoms with Gasteiger partial charge in [-0.3, -0.25) is 4.90 Å². The lowest BCUT2D eigenvalue weighted by atomic mass is 10.1. The maximum atomic E-state index is 5.78. The Hall–Kier alpha value is -1.83. The zero-order valence-corrected chi connectivity index (χ0v) is 14.3. The van der Waals surface area contributed by atoms with Gasteiger partial charge in [0, 0.05) is 31.9 Å². The molecule has 0 aliphatic carbocycles. The zero-order chi connectivity index (χ0) is 16.5. The number of anilines is 1. The highest BCUT2D eigenvalue weighted by Gasteiger charge is 2.34. The minimum Gasteiger partial charge on any atom is -0.378 e. The Morgan fingerprint density at radius 2 is 1.96 bits per heavy atom. The van der Waals surface area contributed by atoms with E-state index in [1.54, 1.807) is 6.33 Å². The summed E-state index contributed by atoms with van der Waals surface area (Å²) in [6.07, 6.45) is 1.60. The molecule has 4 heterocycles. The lowest BCUT2D eigenvalue weighted by Gasteiger charge is -2.38. The van der Waals surface area contributed by atoms with Gasteiger partial charge < -0.3 is 15.0 Å². The van der Waals surface area contributed by atoms with Gasteiger partial charge in [-0.15, -0.1) is 0 Å². The smallest absolute Gasteiger partial charge is 0.156 e. The van der Waals surface area contributed by atoms with Gasteiger partial charge >= 0.3 is 0 Å². The van der Waals surface area contributed by atoms with Gasteiger partial charge in [0.25, 0.3) is 0 Å². The van der Waals surface area contributed by atoms with Crippen molar-refractivity contribution in [1.29, 1.82) is 0 Å². The van der Waals surface area contributed by atoms with Gasteiger partial charge in [0.15, 0.2) is 5.82 Å². The topological polar surface area (TPSA) is 66.4 Å². The SMILES string of the molecule is Cc1ccc2ncnc(N[C@H]3COC[C@@H]3N3CCN(C)CC3)c2n1. The fraction of sp³-hybridized carbons (Fsp3) is 0.588. The minimum atomic E-state index is 0.230. The van der Waals surface area contributed by atoms with Crippen molar-refractivity contribution in [3.05, 3.63) is 24.2 Å². The van der Waals surface area contributed by atoms with Gasteiger partial charge in [-0.25, -0.2) is 15.0 Å². The molecule has 0 amide bonds. The fourth-order valence-electron chi connectivity index (χ4n) is 3.51. The van der Waals surface area contributed by atoms with Crippen LogP contribution in [0.1, 0.15) is 5.69 Å². The Labute approximate surface area is 142 Å². The molecule has 2 fully saturated rings. The van der Waals surface area contributed by atoms with Crippen LogP contribution in [0.2, 0.25) is 0 Å². The monoisotopic (exact) mass is 328 g/mol. The molecule has 2 aromatic rings. The first-order valence-electron chi connectivity index (χ1n) is 8.56. The third-order valence-electron chi connectivity index (χ3n) is 5.00. The van der Waals surface area contributed by atoms with Crippen LogP contribution in [0.3, 0.4) is 0 Å². The summed E-state index contributed by atoms with van der Waals surface area (Å²) in [6.45, 7) is 7.86. The first-order chi connectivity index (χ1) is 11.7. The number of hydrogen-bond acceptors (Lipinski definition) is 7. The number of nitrogens with one attached hydrogen (secondary N) is 1. The van der Waals surface area contributed by atoms with Gasteiger partial charge in [-0.1, -0.05) is 0 Å². The van der Waals surface area contributed by atoms with Crippen LogP contribution in [-0.2, 0) is 4.74 Å². The van der Waals surface area contributed by atoms with Crippen molar-refractivity contribution >= 4 is 16.9 Å². The number of aromatic nitrogens is 3. The number of nitrogens with zero attached hydrogens (tertiary/aromatic N) is 5. The number of aryl methyl sites for hydroxylation is 1. The molecule has 7 nitrogen and oxygen atoms in total. The summed E-state index contributed by atoms with van der Waals surface area (Å²) in [4.78, 5) is 18.3. The van der Waals surface area contributed by atoms with E-state index >= 15 is 0 Å². The van der Waals surface area contributed by atoms with Gasteiger partial charge in [0.05, 0.1) is 30.8 Å². The lowest BCUT2D eigenvalue weighted by molar-refractivity contribution is 0.0949. The second kappa shape index (κ2) is 6.58. The summed E-state index contributed by atoms with van der Waals surface area (Å²) in [5.41, 5.74) is 2.67. The number of likely N-dealkylation sites (N-methyl/N-ethyl adjacent to an activating group) is 1. The predicted molar refractivity (Wildman–Crippen MR) is 93.2 cm³/mol. The van der Waals surface area contributed by atoms with Crippen LogP contribution < -0.4 is 5.32 Å². The molecule has 128 valence electrons. The van der Waals surface area contributed by atoms with E-state index in [1.807, 2.05) is 19.1 Å². The summed E-state index contributed by atoms with van der Waals surface area (Å²) >= 11 is 0.